The molecule has 2 aromatic rings. The van der Waals surface area contributed by atoms with Gasteiger partial charge in [0.2, 0.25) is 5.95 Å². The Bertz CT molecular complexity index is 854. The summed E-state index contributed by atoms with van der Waals surface area (Å²) in [6.45, 7) is 6.60. The maximum Gasteiger partial charge on any atom is 0.329 e. The van der Waals surface area contributed by atoms with E-state index < -0.39 is 11.2 Å². The monoisotopic (exact) mass is 348 g/mol. The fourth-order valence-electron chi connectivity index (χ4n) is 2.75. The summed E-state index contributed by atoms with van der Waals surface area (Å²) in [7, 11) is 1.60. The third kappa shape index (κ3) is 4.58. The van der Waals surface area contributed by atoms with E-state index >= 15 is 0 Å². The van der Waals surface area contributed by atoms with Gasteiger partial charge in [0.1, 0.15) is 0 Å². The molecule has 0 amide bonds. The highest BCUT2D eigenvalue weighted by Gasteiger charge is 2.16. The summed E-state index contributed by atoms with van der Waals surface area (Å²) in [6, 6.07) is 0. The van der Waals surface area contributed by atoms with E-state index in [1.54, 1.807) is 7.05 Å². The predicted octanol–water partition coefficient (Wildman–Crippen LogP) is 2.59. The molecule has 0 atom stereocenters. The van der Waals surface area contributed by atoms with E-state index in [-0.39, 0.29) is 0 Å². The summed E-state index contributed by atoms with van der Waals surface area (Å²) < 4.78 is 3.17. The zero-order valence-electron chi connectivity index (χ0n) is 15.6. The number of nitrogens with one attached hydrogen (secondary N) is 2. The van der Waals surface area contributed by atoms with Crippen LogP contribution in [0.15, 0.2) is 14.7 Å². The van der Waals surface area contributed by atoms with E-state index in [0.717, 1.165) is 18.6 Å². The average Bonchev–Trinajstić information content (AvgIpc) is 2.93. The summed E-state index contributed by atoms with van der Waals surface area (Å²) in [5, 5.41) is 4.18. The van der Waals surface area contributed by atoms with Crippen molar-refractivity contribution in [2.75, 3.05) is 5.43 Å². The van der Waals surface area contributed by atoms with Crippen LogP contribution in [-0.2, 0) is 13.6 Å². The van der Waals surface area contributed by atoms with Crippen LogP contribution in [0.3, 0.4) is 0 Å². The molecule has 0 fully saturated rings. The third-order valence-electron chi connectivity index (χ3n) is 4.12. The van der Waals surface area contributed by atoms with Gasteiger partial charge in [-0.2, -0.15) is 10.1 Å². The number of aromatic nitrogens is 4. The van der Waals surface area contributed by atoms with Gasteiger partial charge in [-0.1, -0.05) is 39.0 Å². The largest absolute Gasteiger partial charge is 0.329 e. The molecule has 2 rings (SSSR count). The normalized spacial score (nSPS) is 11.0. The zero-order valence-corrected chi connectivity index (χ0v) is 15.6. The van der Waals surface area contributed by atoms with Crippen molar-refractivity contribution < 1.29 is 0 Å². The molecule has 0 aliphatic heterocycles. The summed E-state index contributed by atoms with van der Waals surface area (Å²) in [4.78, 5) is 30.9. The lowest BCUT2D eigenvalue weighted by atomic mass is 10.1. The lowest BCUT2D eigenvalue weighted by Crippen LogP contribution is -2.29. The minimum atomic E-state index is -0.469. The molecular formula is C17H28N6O2. The lowest BCUT2D eigenvalue weighted by molar-refractivity contribution is 0.565. The first-order chi connectivity index (χ1) is 12.0. The number of rotatable bonds is 9. The molecule has 0 unspecified atom stereocenters. The van der Waals surface area contributed by atoms with Crippen molar-refractivity contribution >= 4 is 22.8 Å². The first-order valence-electron chi connectivity index (χ1n) is 8.92. The summed E-state index contributed by atoms with van der Waals surface area (Å²) >= 11 is 0. The Morgan fingerprint density at radius 2 is 1.84 bits per heavy atom. The average molecular weight is 348 g/mol. The second-order valence-electron chi connectivity index (χ2n) is 6.52. The number of unbranched alkanes of at least 4 members (excludes halogenated alkanes) is 5. The van der Waals surface area contributed by atoms with E-state index in [4.69, 9.17) is 0 Å². The van der Waals surface area contributed by atoms with Crippen LogP contribution in [0.2, 0.25) is 0 Å². The van der Waals surface area contributed by atoms with Crippen molar-refractivity contribution in [1.29, 1.82) is 0 Å². The van der Waals surface area contributed by atoms with Crippen molar-refractivity contribution in [3.8, 4) is 0 Å². The molecule has 0 bridgehead atoms. The maximum atomic E-state index is 12.3. The standard InChI is InChI=1S/C17H28N6O2/c1-5-6-7-8-9-10-11-23-13-14(18-16(23)21-20-12(2)3)22(4)17(25)19-15(13)24/h5-11H2,1-4H3,(H,18,21)(H,19,24,25). The predicted molar refractivity (Wildman–Crippen MR) is 101 cm³/mol. The van der Waals surface area contributed by atoms with Gasteiger partial charge in [-0.3, -0.25) is 14.3 Å². The van der Waals surface area contributed by atoms with E-state index in [2.05, 4.69) is 27.4 Å². The molecule has 0 saturated heterocycles. The molecule has 138 valence electrons. The second kappa shape index (κ2) is 8.64. The number of nitrogens with zero attached hydrogens (tertiary/aromatic N) is 4. The molecule has 8 heteroatoms. The van der Waals surface area contributed by atoms with Gasteiger partial charge in [-0.05, 0) is 20.3 Å². The number of aryl methyl sites for hydroxylation is 2. The number of hydrogen-bond acceptors (Lipinski definition) is 5. The summed E-state index contributed by atoms with van der Waals surface area (Å²) in [6.07, 6.45) is 6.94. The van der Waals surface area contributed by atoms with Crippen LogP contribution in [0.25, 0.3) is 11.2 Å². The molecule has 25 heavy (non-hydrogen) atoms. The second-order valence-corrected chi connectivity index (χ2v) is 6.52. The van der Waals surface area contributed by atoms with Crippen LogP contribution < -0.4 is 16.7 Å². The van der Waals surface area contributed by atoms with E-state index in [1.807, 2.05) is 18.4 Å². The lowest BCUT2D eigenvalue weighted by Gasteiger charge is -2.08. The van der Waals surface area contributed by atoms with Crippen LogP contribution in [0.1, 0.15) is 59.3 Å². The number of imidazole rings is 1. The Hall–Kier alpha value is -2.38. The first kappa shape index (κ1) is 19.0. The topological polar surface area (TPSA) is 97.1 Å². The highest BCUT2D eigenvalue weighted by molar-refractivity contribution is 5.80. The number of hydrogen-bond donors (Lipinski definition) is 2. The van der Waals surface area contributed by atoms with Crippen molar-refractivity contribution in [3.63, 3.8) is 0 Å². The van der Waals surface area contributed by atoms with Crippen LogP contribution in [0.5, 0.6) is 0 Å². The van der Waals surface area contributed by atoms with Crippen molar-refractivity contribution in [1.82, 2.24) is 19.1 Å². The van der Waals surface area contributed by atoms with Gasteiger partial charge in [-0.15, -0.1) is 0 Å². The Balaban J connectivity index is 2.32. The number of H-pyrrole nitrogens is 1. The van der Waals surface area contributed by atoms with Crippen LogP contribution in [-0.4, -0.2) is 24.8 Å². The van der Waals surface area contributed by atoms with Crippen molar-refractivity contribution in [2.24, 2.45) is 12.1 Å². The number of fused-ring (bicyclic) bond motifs is 1. The number of aromatic amines is 1. The number of anilines is 1. The zero-order chi connectivity index (χ0) is 18.4. The van der Waals surface area contributed by atoms with Crippen molar-refractivity contribution in [2.45, 2.75) is 65.8 Å². The van der Waals surface area contributed by atoms with Crippen LogP contribution >= 0.6 is 0 Å². The van der Waals surface area contributed by atoms with Gasteiger partial charge in [0, 0.05) is 19.3 Å². The Morgan fingerprint density at radius 3 is 2.52 bits per heavy atom. The summed E-state index contributed by atoms with van der Waals surface area (Å²) in [5.41, 5.74) is 3.64. The SMILES string of the molecule is CCCCCCCCn1c(NN=C(C)C)nc2c1c(=O)[nH]c(=O)n2C. The first-order valence-corrected chi connectivity index (χ1v) is 8.92. The fourth-order valence-corrected chi connectivity index (χ4v) is 2.75. The van der Waals surface area contributed by atoms with Gasteiger partial charge >= 0.3 is 5.69 Å². The van der Waals surface area contributed by atoms with E-state index in [9.17, 15) is 9.59 Å². The van der Waals surface area contributed by atoms with E-state index in [0.29, 0.717) is 23.7 Å². The van der Waals surface area contributed by atoms with Gasteiger partial charge in [-0.25, -0.2) is 10.2 Å². The fraction of sp³-hybridized carbons (Fsp3) is 0.647. The third-order valence-corrected chi connectivity index (χ3v) is 4.12. The van der Waals surface area contributed by atoms with Gasteiger partial charge in [0.25, 0.3) is 5.56 Å². The van der Waals surface area contributed by atoms with Gasteiger partial charge in [0.15, 0.2) is 11.2 Å². The molecule has 0 saturated carbocycles. The Labute approximate surface area is 147 Å². The molecule has 0 aliphatic rings. The highest BCUT2D eigenvalue weighted by atomic mass is 16.2. The van der Waals surface area contributed by atoms with Crippen LogP contribution in [0.4, 0.5) is 5.95 Å². The van der Waals surface area contributed by atoms with E-state index in [1.165, 1.54) is 30.3 Å². The van der Waals surface area contributed by atoms with Crippen LogP contribution in [0, 0.1) is 0 Å². The molecule has 0 spiro atoms. The smallest absolute Gasteiger partial charge is 0.303 e. The molecule has 2 heterocycles. The molecule has 8 nitrogen and oxygen atoms in total. The molecule has 0 aliphatic carbocycles. The Morgan fingerprint density at radius 1 is 1.16 bits per heavy atom. The molecule has 2 aromatic heterocycles. The molecular weight excluding hydrogens is 320 g/mol. The van der Waals surface area contributed by atoms with Gasteiger partial charge < -0.3 is 4.57 Å². The minimum Gasteiger partial charge on any atom is -0.303 e. The van der Waals surface area contributed by atoms with Gasteiger partial charge in [0.05, 0.1) is 0 Å². The minimum absolute atomic E-state index is 0.367. The highest BCUT2D eigenvalue weighted by Crippen LogP contribution is 2.17. The summed E-state index contributed by atoms with van der Waals surface area (Å²) in [5.74, 6) is 0.483. The molecule has 0 radical (unpaired) electrons. The molecule has 0 aromatic carbocycles. The van der Waals surface area contributed by atoms with Crippen molar-refractivity contribution in [3.05, 3.63) is 20.8 Å². The maximum absolute atomic E-state index is 12.3. The molecule has 2 N–H and O–H groups in total. The number of hydrazone groups is 1. The quantitative estimate of drug-likeness (QED) is 0.413. The Kier molecular flexibility index (Phi) is 6.55.